The number of halogens is 1. The molecule has 106 valence electrons. The fraction of sp³-hybridized carbons (Fsp3) is 0.400. The molecule has 1 unspecified atom stereocenters. The summed E-state index contributed by atoms with van der Waals surface area (Å²) in [5, 5.41) is 11.9. The standard InChI is InChI=1S/C15H17ClN2O2/c1-10(2)8-12(16)9-11-5-6-14-13(4-3-7-17-14)15(11)18(19)20/h3-7,10,12H,8-9H2,1-2H3. The first-order chi connectivity index (χ1) is 9.49. The number of nitro groups is 1. The van der Waals surface area contributed by atoms with Gasteiger partial charge in [0.05, 0.1) is 15.8 Å². The van der Waals surface area contributed by atoms with E-state index >= 15 is 0 Å². The number of pyridine rings is 1. The smallest absolute Gasteiger partial charge is 0.258 e. The summed E-state index contributed by atoms with van der Waals surface area (Å²) in [7, 11) is 0. The van der Waals surface area contributed by atoms with Gasteiger partial charge in [-0.05, 0) is 43.0 Å². The first-order valence-corrected chi connectivity index (χ1v) is 7.07. The largest absolute Gasteiger partial charge is 0.281 e. The van der Waals surface area contributed by atoms with Gasteiger partial charge in [-0.2, -0.15) is 0 Å². The maximum absolute atomic E-state index is 11.4. The minimum absolute atomic E-state index is 0.0946. The lowest BCUT2D eigenvalue weighted by atomic mass is 9.99. The molecular weight excluding hydrogens is 276 g/mol. The molecule has 0 amide bonds. The van der Waals surface area contributed by atoms with Gasteiger partial charge >= 0.3 is 0 Å². The van der Waals surface area contributed by atoms with E-state index < -0.39 is 0 Å². The van der Waals surface area contributed by atoms with Gasteiger partial charge in [-0.15, -0.1) is 11.6 Å². The summed E-state index contributed by atoms with van der Waals surface area (Å²) in [6, 6.07) is 7.03. The van der Waals surface area contributed by atoms with Crippen LogP contribution in [0.2, 0.25) is 0 Å². The molecule has 1 heterocycles. The number of alkyl halides is 1. The molecule has 20 heavy (non-hydrogen) atoms. The van der Waals surface area contributed by atoms with Crippen molar-refractivity contribution in [2.75, 3.05) is 0 Å². The van der Waals surface area contributed by atoms with Gasteiger partial charge in [0.15, 0.2) is 0 Å². The topological polar surface area (TPSA) is 56.0 Å². The highest BCUT2D eigenvalue weighted by molar-refractivity contribution is 6.20. The molecule has 1 atom stereocenters. The Labute approximate surface area is 122 Å². The third-order valence-electron chi connectivity index (χ3n) is 3.19. The monoisotopic (exact) mass is 292 g/mol. The summed E-state index contributed by atoms with van der Waals surface area (Å²) >= 11 is 6.30. The van der Waals surface area contributed by atoms with E-state index in [9.17, 15) is 10.1 Å². The molecule has 2 aromatic rings. The highest BCUT2D eigenvalue weighted by atomic mass is 35.5. The van der Waals surface area contributed by atoms with E-state index in [1.54, 1.807) is 24.4 Å². The molecule has 1 aromatic heterocycles. The number of rotatable bonds is 5. The van der Waals surface area contributed by atoms with E-state index in [0.717, 1.165) is 6.42 Å². The van der Waals surface area contributed by atoms with E-state index in [-0.39, 0.29) is 16.0 Å². The Morgan fingerprint density at radius 1 is 1.35 bits per heavy atom. The molecule has 0 aliphatic carbocycles. The number of aromatic nitrogens is 1. The van der Waals surface area contributed by atoms with Crippen LogP contribution in [0.3, 0.4) is 0 Å². The van der Waals surface area contributed by atoms with Crippen LogP contribution >= 0.6 is 11.6 Å². The molecule has 4 nitrogen and oxygen atoms in total. The van der Waals surface area contributed by atoms with Crippen LogP contribution in [0.25, 0.3) is 10.9 Å². The first kappa shape index (κ1) is 14.7. The number of nitro benzene ring substituents is 1. The Morgan fingerprint density at radius 2 is 2.10 bits per heavy atom. The average molecular weight is 293 g/mol. The van der Waals surface area contributed by atoms with Crippen LogP contribution in [-0.2, 0) is 6.42 Å². The van der Waals surface area contributed by atoms with Crippen molar-refractivity contribution >= 4 is 28.2 Å². The quantitative estimate of drug-likeness (QED) is 0.468. The lowest BCUT2D eigenvalue weighted by Crippen LogP contribution is -2.09. The molecule has 0 fully saturated rings. The second-order valence-corrected chi connectivity index (χ2v) is 5.95. The van der Waals surface area contributed by atoms with Crippen LogP contribution in [0.1, 0.15) is 25.8 Å². The van der Waals surface area contributed by atoms with Crippen LogP contribution in [-0.4, -0.2) is 15.3 Å². The highest BCUT2D eigenvalue weighted by Gasteiger charge is 2.21. The Balaban J connectivity index is 2.42. The molecule has 1 aromatic carbocycles. The van der Waals surface area contributed by atoms with Crippen LogP contribution < -0.4 is 0 Å². The highest BCUT2D eigenvalue weighted by Crippen LogP contribution is 2.30. The Hall–Kier alpha value is -1.68. The fourth-order valence-corrected chi connectivity index (χ4v) is 2.92. The third-order valence-corrected chi connectivity index (χ3v) is 3.52. The maximum atomic E-state index is 11.4. The fourth-order valence-electron chi connectivity index (χ4n) is 2.40. The molecule has 0 aliphatic heterocycles. The molecule has 0 spiro atoms. The summed E-state index contributed by atoms with van der Waals surface area (Å²) < 4.78 is 0. The first-order valence-electron chi connectivity index (χ1n) is 6.64. The number of hydrogen-bond donors (Lipinski definition) is 0. The van der Waals surface area contributed by atoms with Crippen LogP contribution in [0, 0.1) is 16.0 Å². The predicted octanol–water partition coefficient (Wildman–Crippen LogP) is 4.34. The summed E-state index contributed by atoms with van der Waals surface area (Å²) in [6.45, 7) is 4.18. The van der Waals surface area contributed by atoms with E-state index in [1.165, 1.54) is 0 Å². The number of fused-ring (bicyclic) bond motifs is 1. The van der Waals surface area contributed by atoms with E-state index in [2.05, 4.69) is 18.8 Å². The van der Waals surface area contributed by atoms with Crippen molar-refractivity contribution in [2.45, 2.75) is 32.1 Å². The lowest BCUT2D eigenvalue weighted by Gasteiger charge is -2.12. The van der Waals surface area contributed by atoms with Crippen LogP contribution in [0.15, 0.2) is 30.5 Å². The van der Waals surface area contributed by atoms with Crippen molar-refractivity contribution in [3.63, 3.8) is 0 Å². The van der Waals surface area contributed by atoms with Crippen molar-refractivity contribution in [1.29, 1.82) is 0 Å². The van der Waals surface area contributed by atoms with Gasteiger partial charge in [0.25, 0.3) is 5.69 Å². The second-order valence-electron chi connectivity index (χ2n) is 5.33. The Morgan fingerprint density at radius 3 is 2.75 bits per heavy atom. The lowest BCUT2D eigenvalue weighted by molar-refractivity contribution is -0.383. The summed E-state index contributed by atoms with van der Waals surface area (Å²) in [4.78, 5) is 15.2. The zero-order valence-corrected chi connectivity index (χ0v) is 12.3. The molecule has 0 aliphatic rings. The minimum atomic E-state index is -0.335. The molecular formula is C15H17ClN2O2. The van der Waals surface area contributed by atoms with Gasteiger partial charge < -0.3 is 0 Å². The summed E-state index contributed by atoms with van der Waals surface area (Å²) in [6.07, 6.45) is 2.97. The summed E-state index contributed by atoms with van der Waals surface area (Å²) in [5.74, 6) is 0.471. The van der Waals surface area contributed by atoms with E-state index in [0.29, 0.717) is 28.8 Å². The molecule has 5 heteroatoms. The van der Waals surface area contributed by atoms with Crippen LogP contribution in [0.4, 0.5) is 5.69 Å². The summed E-state index contributed by atoms with van der Waals surface area (Å²) in [5.41, 5.74) is 1.44. The normalized spacial score (nSPS) is 12.8. The van der Waals surface area contributed by atoms with Gasteiger partial charge in [0.2, 0.25) is 0 Å². The van der Waals surface area contributed by atoms with Crippen molar-refractivity contribution < 1.29 is 4.92 Å². The van der Waals surface area contributed by atoms with Crippen molar-refractivity contribution in [1.82, 2.24) is 4.98 Å². The number of hydrogen-bond acceptors (Lipinski definition) is 3. The van der Waals surface area contributed by atoms with Gasteiger partial charge in [0.1, 0.15) is 0 Å². The Bertz CT molecular complexity index is 628. The van der Waals surface area contributed by atoms with Gasteiger partial charge in [0, 0.05) is 17.1 Å². The van der Waals surface area contributed by atoms with Gasteiger partial charge in [-0.1, -0.05) is 13.8 Å². The predicted molar refractivity (Wildman–Crippen MR) is 81.2 cm³/mol. The molecule has 0 saturated carbocycles. The SMILES string of the molecule is CC(C)CC(Cl)Cc1ccc2ncccc2c1[N+](=O)[O-]. The molecule has 0 N–H and O–H groups in total. The van der Waals surface area contributed by atoms with E-state index in [4.69, 9.17) is 11.6 Å². The van der Waals surface area contributed by atoms with Crippen molar-refractivity contribution in [2.24, 2.45) is 5.92 Å². The van der Waals surface area contributed by atoms with Crippen LogP contribution in [0.5, 0.6) is 0 Å². The van der Waals surface area contributed by atoms with Crippen molar-refractivity contribution in [3.05, 3.63) is 46.1 Å². The zero-order valence-electron chi connectivity index (χ0n) is 11.5. The second kappa shape index (κ2) is 6.18. The maximum Gasteiger partial charge on any atom is 0.281 e. The Kier molecular flexibility index (Phi) is 4.55. The van der Waals surface area contributed by atoms with Gasteiger partial charge in [-0.25, -0.2) is 0 Å². The van der Waals surface area contributed by atoms with E-state index in [1.807, 2.05) is 6.07 Å². The molecule has 2 rings (SSSR count). The number of benzene rings is 1. The third kappa shape index (κ3) is 3.25. The minimum Gasteiger partial charge on any atom is -0.258 e. The molecule has 0 bridgehead atoms. The molecule has 0 radical (unpaired) electrons. The zero-order chi connectivity index (χ0) is 14.7. The van der Waals surface area contributed by atoms with Gasteiger partial charge in [-0.3, -0.25) is 15.1 Å². The van der Waals surface area contributed by atoms with Crippen molar-refractivity contribution in [3.8, 4) is 0 Å². The number of nitrogens with zero attached hydrogens (tertiary/aromatic N) is 2. The molecule has 0 saturated heterocycles. The average Bonchev–Trinajstić information content (AvgIpc) is 2.36.